The molecule has 0 saturated heterocycles. The van der Waals surface area contributed by atoms with Crippen molar-refractivity contribution in [3.63, 3.8) is 0 Å². The third kappa shape index (κ3) is 6.12. The number of amides is 3. The summed E-state index contributed by atoms with van der Waals surface area (Å²) in [5.74, 6) is -2.40. The van der Waals surface area contributed by atoms with Crippen LogP contribution in [-0.4, -0.2) is 41.5 Å². The first-order valence-electron chi connectivity index (χ1n) is 7.12. The van der Waals surface area contributed by atoms with Crippen molar-refractivity contribution in [3.8, 4) is 0 Å². The molecule has 0 aliphatic carbocycles. The molecule has 0 aromatic carbocycles. The summed E-state index contributed by atoms with van der Waals surface area (Å²) in [7, 11) is 0. The third-order valence-corrected chi connectivity index (χ3v) is 3.24. The highest BCUT2D eigenvalue weighted by Gasteiger charge is 2.30. The predicted molar refractivity (Wildman–Crippen MR) is 79.0 cm³/mol. The Morgan fingerprint density at radius 3 is 1.67 bits per heavy atom. The quantitative estimate of drug-likeness (QED) is 0.477. The van der Waals surface area contributed by atoms with Crippen molar-refractivity contribution < 1.29 is 19.5 Å². The Balaban J connectivity index is 4.92. The fourth-order valence-electron chi connectivity index (χ4n) is 1.72. The molecule has 122 valence electrons. The molecule has 0 heterocycles. The third-order valence-electron chi connectivity index (χ3n) is 3.24. The molecule has 0 fully saturated rings. The van der Waals surface area contributed by atoms with Gasteiger partial charge in [-0.2, -0.15) is 0 Å². The van der Waals surface area contributed by atoms with Crippen molar-refractivity contribution in [2.24, 2.45) is 23.5 Å². The molecular weight excluding hydrogens is 274 g/mol. The molecule has 0 aromatic heterocycles. The first-order valence-corrected chi connectivity index (χ1v) is 7.12. The molecule has 0 saturated carbocycles. The van der Waals surface area contributed by atoms with E-state index in [1.54, 1.807) is 34.6 Å². The van der Waals surface area contributed by atoms with Crippen LogP contribution < -0.4 is 16.4 Å². The number of aliphatic hydroxyl groups is 1. The number of hydrogen-bond donors (Lipinski definition) is 4. The zero-order chi connectivity index (χ0) is 16.7. The lowest BCUT2D eigenvalue weighted by atomic mass is 9.99. The smallest absolute Gasteiger partial charge is 0.243 e. The summed E-state index contributed by atoms with van der Waals surface area (Å²) in [5.41, 5.74) is 5.26. The summed E-state index contributed by atoms with van der Waals surface area (Å²) < 4.78 is 0. The first kappa shape index (κ1) is 19.4. The van der Waals surface area contributed by atoms with E-state index in [9.17, 15) is 14.4 Å². The molecule has 21 heavy (non-hydrogen) atoms. The van der Waals surface area contributed by atoms with Crippen molar-refractivity contribution in [3.05, 3.63) is 0 Å². The maximum atomic E-state index is 12.3. The maximum absolute atomic E-state index is 12.3. The predicted octanol–water partition coefficient (Wildman–Crippen LogP) is -0.618. The highest BCUT2D eigenvalue weighted by Crippen LogP contribution is 2.07. The largest absolute Gasteiger partial charge is 0.396 e. The van der Waals surface area contributed by atoms with Crippen molar-refractivity contribution in [1.82, 2.24) is 10.6 Å². The van der Waals surface area contributed by atoms with Crippen LogP contribution in [0.2, 0.25) is 0 Å². The van der Waals surface area contributed by atoms with Crippen molar-refractivity contribution in [2.75, 3.05) is 6.61 Å². The summed E-state index contributed by atoms with van der Waals surface area (Å²) in [6.45, 7) is 8.36. The van der Waals surface area contributed by atoms with Crippen LogP contribution in [0.3, 0.4) is 0 Å². The van der Waals surface area contributed by atoms with Crippen LogP contribution in [0.15, 0.2) is 0 Å². The van der Waals surface area contributed by atoms with Gasteiger partial charge in [-0.3, -0.25) is 14.4 Å². The minimum Gasteiger partial charge on any atom is -0.396 e. The van der Waals surface area contributed by atoms with Gasteiger partial charge in [-0.05, 0) is 11.8 Å². The Morgan fingerprint density at radius 2 is 1.33 bits per heavy atom. The molecule has 0 rings (SSSR count). The fourth-order valence-corrected chi connectivity index (χ4v) is 1.72. The van der Waals surface area contributed by atoms with Gasteiger partial charge in [-0.25, -0.2) is 0 Å². The number of rotatable bonds is 8. The van der Waals surface area contributed by atoms with E-state index in [1.165, 1.54) is 0 Å². The van der Waals surface area contributed by atoms with Crippen LogP contribution in [0.5, 0.6) is 0 Å². The zero-order valence-corrected chi connectivity index (χ0v) is 13.3. The van der Waals surface area contributed by atoms with Gasteiger partial charge >= 0.3 is 0 Å². The summed E-state index contributed by atoms with van der Waals surface area (Å²) >= 11 is 0. The van der Waals surface area contributed by atoms with E-state index in [2.05, 4.69) is 10.6 Å². The molecule has 0 spiro atoms. The van der Waals surface area contributed by atoms with Crippen LogP contribution in [0.4, 0.5) is 0 Å². The number of aliphatic hydroxyl groups excluding tert-OH is 1. The Bertz CT molecular complexity index is 382. The number of nitrogens with two attached hydrogens (primary N) is 1. The van der Waals surface area contributed by atoms with Crippen molar-refractivity contribution in [1.29, 1.82) is 0 Å². The number of hydrogen-bond acceptors (Lipinski definition) is 4. The second kappa shape index (κ2) is 8.61. The minimum atomic E-state index is -0.786. The monoisotopic (exact) mass is 301 g/mol. The van der Waals surface area contributed by atoms with Gasteiger partial charge < -0.3 is 21.5 Å². The Hall–Kier alpha value is -1.63. The molecular formula is C14H27N3O4. The topological polar surface area (TPSA) is 122 Å². The van der Waals surface area contributed by atoms with Crippen molar-refractivity contribution >= 4 is 17.7 Å². The van der Waals surface area contributed by atoms with Gasteiger partial charge in [-0.15, -0.1) is 0 Å². The number of primary amides is 1. The number of nitrogens with one attached hydrogen (secondary N) is 2. The molecule has 3 atom stereocenters. The Kier molecular flexibility index (Phi) is 7.94. The molecule has 0 radical (unpaired) electrons. The summed E-state index contributed by atoms with van der Waals surface area (Å²) in [5, 5.41) is 14.1. The van der Waals surface area contributed by atoms with E-state index in [1.807, 2.05) is 0 Å². The maximum Gasteiger partial charge on any atom is 0.243 e. The van der Waals surface area contributed by atoms with Crippen LogP contribution in [0, 0.1) is 17.8 Å². The summed E-state index contributed by atoms with van der Waals surface area (Å²) in [6.07, 6.45) is 0. The lowest BCUT2D eigenvalue weighted by Crippen LogP contribution is -2.56. The molecule has 5 N–H and O–H groups in total. The minimum absolute atomic E-state index is 0.147. The van der Waals surface area contributed by atoms with Crippen LogP contribution in [0.25, 0.3) is 0 Å². The summed E-state index contributed by atoms with van der Waals surface area (Å²) in [6, 6.07) is -1.57. The van der Waals surface area contributed by atoms with Gasteiger partial charge in [-0.1, -0.05) is 34.6 Å². The molecule has 7 heteroatoms. The first-order chi connectivity index (χ1) is 9.61. The van der Waals surface area contributed by atoms with E-state index in [0.29, 0.717) is 0 Å². The average molecular weight is 301 g/mol. The van der Waals surface area contributed by atoms with E-state index in [4.69, 9.17) is 10.8 Å². The Morgan fingerprint density at radius 1 is 0.905 bits per heavy atom. The molecule has 0 aliphatic rings. The van der Waals surface area contributed by atoms with Gasteiger partial charge in [0.1, 0.15) is 12.1 Å². The molecule has 2 unspecified atom stereocenters. The number of carbonyl (C=O) groups is 3. The molecule has 3 amide bonds. The molecule has 0 aromatic rings. The van der Waals surface area contributed by atoms with Crippen LogP contribution in [0.1, 0.15) is 34.6 Å². The molecule has 0 bridgehead atoms. The van der Waals surface area contributed by atoms with Gasteiger partial charge in [0.25, 0.3) is 0 Å². The lowest BCUT2D eigenvalue weighted by Gasteiger charge is -2.26. The van der Waals surface area contributed by atoms with Gasteiger partial charge in [0, 0.05) is 0 Å². The van der Waals surface area contributed by atoms with Crippen molar-refractivity contribution in [2.45, 2.75) is 46.7 Å². The average Bonchev–Trinajstić information content (AvgIpc) is 2.39. The van der Waals surface area contributed by atoms with Gasteiger partial charge in [0.2, 0.25) is 17.7 Å². The van der Waals surface area contributed by atoms with E-state index in [-0.39, 0.29) is 18.4 Å². The highest BCUT2D eigenvalue weighted by atomic mass is 16.3. The normalized spacial score (nSPS) is 15.4. The van der Waals surface area contributed by atoms with Gasteiger partial charge in [0.05, 0.1) is 12.5 Å². The fraction of sp³-hybridized carbons (Fsp3) is 0.786. The van der Waals surface area contributed by atoms with Crippen LogP contribution in [-0.2, 0) is 14.4 Å². The summed E-state index contributed by atoms with van der Waals surface area (Å²) in [4.78, 5) is 35.4. The molecule has 0 aliphatic heterocycles. The standard InChI is InChI=1S/C14H27N3O4/c1-7(2)10(12(15)19)16-14(21)11(8(3)4)17-13(20)9(5)6-18/h7-11,18H,6H2,1-5H3,(H2,15,19)(H,16,21)(H,17,20)/t9-,10?,11?/m0/s1. The number of carbonyl (C=O) groups excluding carboxylic acids is 3. The highest BCUT2D eigenvalue weighted by molar-refractivity contribution is 5.92. The Labute approximate surface area is 125 Å². The van der Waals surface area contributed by atoms with E-state index < -0.39 is 35.7 Å². The van der Waals surface area contributed by atoms with Crippen LogP contribution >= 0.6 is 0 Å². The second-order valence-corrected chi connectivity index (χ2v) is 5.95. The van der Waals surface area contributed by atoms with E-state index >= 15 is 0 Å². The van der Waals surface area contributed by atoms with Gasteiger partial charge in [0.15, 0.2) is 0 Å². The van der Waals surface area contributed by atoms with E-state index in [0.717, 1.165) is 0 Å². The lowest BCUT2D eigenvalue weighted by molar-refractivity contribution is -0.134. The molecule has 7 nitrogen and oxygen atoms in total. The zero-order valence-electron chi connectivity index (χ0n) is 13.3. The SMILES string of the molecule is CC(C)C(NC(=O)C(NC(=O)[C@@H](C)CO)C(C)C)C(N)=O. The second-order valence-electron chi connectivity index (χ2n) is 5.95.